The highest BCUT2D eigenvalue weighted by Crippen LogP contribution is 2.29. The molecular weight excluding hydrogens is 371 g/mol. The third-order valence-electron chi connectivity index (χ3n) is 3.69. The zero-order valence-corrected chi connectivity index (χ0v) is 14.4. The summed E-state index contributed by atoms with van der Waals surface area (Å²) < 4.78 is 39.4. The minimum absolute atomic E-state index is 0.118. The Morgan fingerprint density at radius 3 is 2.61 bits per heavy atom. The Morgan fingerprint density at radius 1 is 1.14 bits per heavy atom. The number of benzene rings is 2. The molecule has 3 rings (SSSR count). The van der Waals surface area contributed by atoms with Gasteiger partial charge in [0.15, 0.2) is 11.4 Å². The van der Waals surface area contributed by atoms with Crippen molar-refractivity contribution in [2.45, 2.75) is 6.18 Å². The minimum Gasteiger partial charge on any atom is -0.504 e. The Hall–Kier alpha value is -3.73. The summed E-state index contributed by atoms with van der Waals surface area (Å²) in [5.41, 5.74) is -0.120. The first-order chi connectivity index (χ1) is 13.3. The van der Waals surface area contributed by atoms with E-state index in [4.69, 9.17) is 0 Å². The van der Waals surface area contributed by atoms with Crippen molar-refractivity contribution in [3.05, 3.63) is 77.6 Å². The summed E-state index contributed by atoms with van der Waals surface area (Å²) in [5.74, 6) is 4.18. The molecule has 0 aliphatic heterocycles. The van der Waals surface area contributed by atoms with Crippen LogP contribution in [0.5, 0.6) is 5.75 Å². The predicted molar refractivity (Wildman–Crippen MR) is 95.9 cm³/mol. The van der Waals surface area contributed by atoms with Crippen LogP contribution in [0.1, 0.15) is 21.6 Å². The second-order valence-corrected chi connectivity index (χ2v) is 5.71. The minimum atomic E-state index is -4.44. The maximum absolute atomic E-state index is 12.7. The van der Waals surface area contributed by atoms with Crippen molar-refractivity contribution >= 4 is 5.91 Å². The molecule has 0 atom stereocenters. The summed E-state index contributed by atoms with van der Waals surface area (Å²) in [5, 5.41) is 16.4. The number of nitrogens with zero attached hydrogens (tertiary/aromatic N) is 2. The SMILES string of the molecule is O=C(NCC#Cc1cccc(C(F)(F)F)c1)c1nn(-c2ccccc2)cc1O. The summed E-state index contributed by atoms with van der Waals surface area (Å²) in [4.78, 5) is 12.1. The van der Waals surface area contributed by atoms with E-state index in [1.807, 2.05) is 6.07 Å². The van der Waals surface area contributed by atoms with E-state index < -0.39 is 17.6 Å². The Morgan fingerprint density at radius 2 is 1.89 bits per heavy atom. The largest absolute Gasteiger partial charge is 0.504 e. The fourth-order valence-electron chi connectivity index (χ4n) is 2.37. The number of hydrogen-bond donors (Lipinski definition) is 2. The molecule has 3 aromatic rings. The molecule has 0 unspecified atom stereocenters. The number of carbonyl (C=O) groups is 1. The topological polar surface area (TPSA) is 67.2 Å². The van der Waals surface area contributed by atoms with Gasteiger partial charge in [0, 0.05) is 5.56 Å². The first kappa shape index (κ1) is 19.0. The normalized spacial score (nSPS) is 10.8. The molecule has 1 heterocycles. The van der Waals surface area contributed by atoms with E-state index in [1.165, 1.54) is 23.0 Å². The number of nitrogens with one attached hydrogen (secondary N) is 1. The van der Waals surface area contributed by atoms with Gasteiger partial charge in [-0.05, 0) is 30.3 Å². The van der Waals surface area contributed by atoms with Crippen LogP contribution < -0.4 is 5.32 Å². The lowest BCUT2D eigenvalue weighted by Gasteiger charge is -2.05. The van der Waals surface area contributed by atoms with Crippen LogP contribution in [0.4, 0.5) is 13.2 Å². The van der Waals surface area contributed by atoms with Gasteiger partial charge in [0.05, 0.1) is 24.0 Å². The summed E-state index contributed by atoms with van der Waals surface area (Å²) in [7, 11) is 0. The molecule has 5 nitrogen and oxygen atoms in total. The predicted octanol–water partition coefficient (Wildman–Crippen LogP) is 3.38. The van der Waals surface area contributed by atoms with Gasteiger partial charge >= 0.3 is 6.18 Å². The van der Waals surface area contributed by atoms with Crippen LogP contribution in [0.25, 0.3) is 5.69 Å². The second kappa shape index (κ2) is 7.88. The molecule has 0 fully saturated rings. The molecule has 28 heavy (non-hydrogen) atoms. The second-order valence-electron chi connectivity index (χ2n) is 5.71. The van der Waals surface area contributed by atoms with Gasteiger partial charge in [0.2, 0.25) is 0 Å². The fourth-order valence-corrected chi connectivity index (χ4v) is 2.37. The van der Waals surface area contributed by atoms with E-state index in [0.29, 0.717) is 5.69 Å². The summed E-state index contributed by atoms with van der Waals surface area (Å²) in [6, 6.07) is 13.5. The molecule has 1 amide bonds. The molecule has 142 valence electrons. The van der Waals surface area contributed by atoms with Crippen molar-refractivity contribution in [3.8, 4) is 23.3 Å². The quantitative estimate of drug-likeness (QED) is 0.680. The van der Waals surface area contributed by atoms with Crippen molar-refractivity contribution in [1.29, 1.82) is 0 Å². The van der Waals surface area contributed by atoms with Gasteiger partial charge in [0.25, 0.3) is 5.91 Å². The molecular formula is C20H14F3N3O2. The van der Waals surface area contributed by atoms with Crippen molar-refractivity contribution in [2.24, 2.45) is 0 Å². The van der Waals surface area contributed by atoms with E-state index in [-0.39, 0.29) is 23.6 Å². The van der Waals surface area contributed by atoms with Crippen LogP contribution in [0, 0.1) is 11.8 Å². The van der Waals surface area contributed by atoms with Gasteiger partial charge in [-0.2, -0.15) is 18.3 Å². The van der Waals surface area contributed by atoms with Gasteiger partial charge in [0.1, 0.15) is 0 Å². The van der Waals surface area contributed by atoms with E-state index in [9.17, 15) is 23.1 Å². The third-order valence-corrected chi connectivity index (χ3v) is 3.69. The van der Waals surface area contributed by atoms with Crippen LogP contribution in [0.15, 0.2) is 60.8 Å². The Labute approximate surface area is 158 Å². The average Bonchev–Trinajstić information content (AvgIpc) is 3.07. The molecule has 2 N–H and O–H groups in total. The van der Waals surface area contributed by atoms with E-state index >= 15 is 0 Å². The number of halogens is 3. The highest BCUT2D eigenvalue weighted by atomic mass is 19.4. The molecule has 8 heteroatoms. The molecule has 0 bridgehead atoms. The van der Waals surface area contributed by atoms with Gasteiger partial charge < -0.3 is 10.4 Å². The number of carbonyl (C=O) groups excluding carboxylic acids is 1. The smallest absolute Gasteiger partial charge is 0.416 e. The van der Waals surface area contributed by atoms with Gasteiger partial charge in [-0.15, -0.1) is 0 Å². The molecule has 0 radical (unpaired) electrons. The van der Waals surface area contributed by atoms with Crippen LogP contribution >= 0.6 is 0 Å². The lowest BCUT2D eigenvalue weighted by atomic mass is 10.1. The van der Waals surface area contributed by atoms with Crippen LogP contribution in [-0.4, -0.2) is 27.3 Å². The Kier molecular flexibility index (Phi) is 5.36. The molecule has 0 spiro atoms. The number of aromatic nitrogens is 2. The van der Waals surface area contributed by atoms with Crippen LogP contribution in [0.3, 0.4) is 0 Å². The van der Waals surface area contributed by atoms with Gasteiger partial charge in [-0.3, -0.25) is 4.79 Å². The molecule has 1 aromatic heterocycles. The van der Waals surface area contributed by atoms with Crippen molar-refractivity contribution in [1.82, 2.24) is 15.1 Å². The number of hydrogen-bond acceptors (Lipinski definition) is 3. The van der Waals surface area contributed by atoms with Crippen molar-refractivity contribution in [2.75, 3.05) is 6.54 Å². The number of para-hydroxylation sites is 1. The van der Waals surface area contributed by atoms with Crippen LogP contribution in [-0.2, 0) is 6.18 Å². The van der Waals surface area contributed by atoms with E-state index in [1.54, 1.807) is 24.3 Å². The highest BCUT2D eigenvalue weighted by Gasteiger charge is 2.30. The lowest BCUT2D eigenvalue weighted by Crippen LogP contribution is -2.24. The fraction of sp³-hybridized carbons (Fsp3) is 0.100. The van der Waals surface area contributed by atoms with E-state index in [0.717, 1.165) is 12.1 Å². The summed E-state index contributed by atoms with van der Waals surface area (Å²) in [6.45, 7) is -0.118. The molecule has 0 aliphatic rings. The number of alkyl halides is 3. The van der Waals surface area contributed by atoms with Crippen LogP contribution in [0.2, 0.25) is 0 Å². The summed E-state index contributed by atoms with van der Waals surface area (Å²) >= 11 is 0. The molecule has 0 saturated carbocycles. The van der Waals surface area contributed by atoms with E-state index in [2.05, 4.69) is 22.3 Å². The third kappa shape index (κ3) is 4.51. The highest BCUT2D eigenvalue weighted by molar-refractivity contribution is 5.94. The van der Waals surface area contributed by atoms with Crippen molar-refractivity contribution < 1.29 is 23.1 Å². The maximum atomic E-state index is 12.7. The lowest BCUT2D eigenvalue weighted by molar-refractivity contribution is -0.137. The standard InChI is InChI=1S/C20H14F3N3O2/c21-20(22,23)15-8-4-6-14(12-15)7-5-11-24-19(28)18-17(27)13-26(25-18)16-9-2-1-3-10-16/h1-4,6,8-10,12-13,27H,11H2,(H,24,28). The zero-order valence-electron chi connectivity index (χ0n) is 14.4. The number of rotatable bonds is 3. The molecule has 2 aromatic carbocycles. The van der Waals surface area contributed by atoms with Crippen molar-refractivity contribution in [3.63, 3.8) is 0 Å². The first-order valence-electron chi connectivity index (χ1n) is 8.13. The zero-order chi connectivity index (χ0) is 20.1. The maximum Gasteiger partial charge on any atom is 0.416 e. The number of amides is 1. The average molecular weight is 385 g/mol. The monoisotopic (exact) mass is 385 g/mol. The Bertz CT molecular complexity index is 1050. The van der Waals surface area contributed by atoms with Gasteiger partial charge in [-0.25, -0.2) is 4.68 Å². The van der Waals surface area contributed by atoms with Gasteiger partial charge in [-0.1, -0.05) is 36.1 Å². The molecule has 0 aliphatic carbocycles. The molecule has 0 saturated heterocycles. The first-order valence-corrected chi connectivity index (χ1v) is 8.13. The number of aromatic hydroxyl groups is 1. The summed E-state index contributed by atoms with van der Waals surface area (Å²) in [6.07, 6.45) is -3.14. The Balaban J connectivity index is 1.65.